The third-order valence-electron chi connectivity index (χ3n) is 6.57. The Morgan fingerprint density at radius 3 is 2.64 bits per heavy atom. The average molecular weight is 494 g/mol. The summed E-state index contributed by atoms with van der Waals surface area (Å²) in [6, 6.07) is 10.3. The average Bonchev–Trinajstić information content (AvgIpc) is 3.21. The zero-order chi connectivity index (χ0) is 26.3. The van der Waals surface area contributed by atoms with E-state index in [9.17, 15) is 14.7 Å². The molecule has 2 rings (SSSR count). The lowest BCUT2D eigenvalue weighted by Crippen LogP contribution is -2.29. The van der Waals surface area contributed by atoms with E-state index in [2.05, 4.69) is 61.1 Å². The number of carbonyl (C=O) groups is 2. The summed E-state index contributed by atoms with van der Waals surface area (Å²) in [6.07, 6.45) is 15.5. The number of ether oxygens (including phenoxy) is 1. The summed E-state index contributed by atoms with van der Waals surface area (Å²) in [5.41, 5.74) is 4.54. The molecule has 5 nitrogen and oxygen atoms in total. The zero-order valence-corrected chi connectivity index (χ0v) is 22.4. The molecule has 2 unspecified atom stereocenters. The zero-order valence-electron chi connectivity index (χ0n) is 22.4. The topological polar surface area (TPSA) is 66.8 Å². The van der Waals surface area contributed by atoms with Crippen molar-refractivity contribution >= 4 is 11.9 Å². The van der Waals surface area contributed by atoms with E-state index >= 15 is 0 Å². The minimum absolute atomic E-state index is 0.199. The molecule has 0 aromatic heterocycles. The van der Waals surface area contributed by atoms with Crippen LogP contribution in [0, 0.1) is 5.92 Å². The van der Waals surface area contributed by atoms with Crippen LogP contribution in [0.15, 0.2) is 77.4 Å². The molecule has 1 N–H and O–H groups in total. The van der Waals surface area contributed by atoms with E-state index in [1.165, 1.54) is 18.2 Å². The van der Waals surface area contributed by atoms with Crippen molar-refractivity contribution < 1.29 is 19.4 Å². The third-order valence-corrected chi connectivity index (χ3v) is 6.57. The maximum Gasteiger partial charge on any atom is 0.335 e. The fourth-order valence-electron chi connectivity index (χ4n) is 4.25. The van der Waals surface area contributed by atoms with Gasteiger partial charge < -0.3 is 14.7 Å². The van der Waals surface area contributed by atoms with Crippen molar-refractivity contribution in [1.82, 2.24) is 4.90 Å². The van der Waals surface area contributed by atoms with Crippen molar-refractivity contribution in [2.24, 2.45) is 5.92 Å². The fourth-order valence-corrected chi connectivity index (χ4v) is 4.25. The van der Waals surface area contributed by atoms with Crippen LogP contribution in [-0.2, 0) is 20.7 Å². The Balaban J connectivity index is 1.63. The molecule has 1 aliphatic heterocycles. The minimum atomic E-state index is -1.08. The van der Waals surface area contributed by atoms with Gasteiger partial charge in [0.2, 0.25) is 5.91 Å². The number of carbonyl (C=O) groups excluding carboxylic acids is 2. The van der Waals surface area contributed by atoms with Crippen LogP contribution in [0.5, 0.6) is 0 Å². The minimum Gasteiger partial charge on any atom is -0.467 e. The quantitative estimate of drug-likeness (QED) is 0.186. The SMILES string of the molecule is COC(=O)C(O)CC(C)=CCCC(C)C=CC=C(C)CCCC1=CCN(CCc2ccccc2)C1=O. The standard InChI is InChI=1S/C31H43NO4/c1-24(13-9-15-26(3)23-29(33)31(35)36-4)11-8-12-25(2)14-10-18-28-20-22-32(30(28)34)21-19-27-16-6-5-7-17-27/h5-8,11-12,15-17,20,24,29,33H,9-10,13-14,18-19,21-23H2,1-4H3. The molecule has 0 spiro atoms. The van der Waals surface area contributed by atoms with E-state index in [1.807, 2.05) is 30.0 Å². The number of aliphatic hydroxyl groups is 1. The number of amides is 1. The number of hydrogen-bond acceptors (Lipinski definition) is 4. The van der Waals surface area contributed by atoms with Crippen LogP contribution in [0.2, 0.25) is 0 Å². The van der Waals surface area contributed by atoms with Gasteiger partial charge >= 0.3 is 5.97 Å². The highest BCUT2D eigenvalue weighted by Crippen LogP contribution is 2.20. The van der Waals surface area contributed by atoms with Gasteiger partial charge in [-0.05, 0) is 63.9 Å². The monoisotopic (exact) mass is 493 g/mol. The van der Waals surface area contributed by atoms with Gasteiger partial charge in [-0.1, -0.05) is 78.8 Å². The molecule has 1 aliphatic rings. The van der Waals surface area contributed by atoms with E-state index in [0.717, 1.165) is 62.8 Å². The third kappa shape index (κ3) is 10.8. The van der Waals surface area contributed by atoms with Crippen molar-refractivity contribution in [3.63, 3.8) is 0 Å². The molecule has 196 valence electrons. The first kappa shape index (κ1) is 29.3. The van der Waals surface area contributed by atoms with E-state index in [4.69, 9.17) is 0 Å². The Morgan fingerprint density at radius 2 is 1.92 bits per heavy atom. The Labute approximate surface area is 217 Å². The van der Waals surface area contributed by atoms with Gasteiger partial charge in [-0.2, -0.15) is 0 Å². The van der Waals surface area contributed by atoms with Crippen molar-refractivity contribution in [3.8, 4) is 0 Å². The van der Waals surface area contributed by atoms with E-state index in [-0.39, 0.29) is 5.91 Å². The number of aliphatic hydroxyl groups excluding tert-OH is 1. The number of esters is 1. The van der Waals surface area contributed by atoms with Gasteiger partial charge in [0.1, 0.15) is 0 Å². The van der Waals surface area contributed by atoms with Crippen molar-refractivity contribution in [2.75, 3.05) is 20.2 Å². The van der Waals surface area contributed by atoms with E-state index in [1.54, 1.807) is 0 Å². The number of rotatable bonds is 15. The second kappa shape index (κ2) is 15.9. The maximum atomic E-state index is 12.7. The molecule has 5 heteroatoms. The summed E-state index contributed by atoms with van der Waals surface area (Å²) in [6.45, 7) is 7.77. The molecule has 0 radical (unpaired) electrons. The number of hydrogen-bond donors (Lipinski definition) is 1. The lowest BCUT2D eigenvalue weighted by Gasteiger charge is -2.16. The summed E-state index contributed by atoms with van der Waals surface area (Å²) in [5, 5.41) is 9.72. The summed E-state index contributed by atoms with van der Waals surface area (Å²) >= 11 is 0. The van der Waals surface area contributed by atoms with Gasteiger partial charge in [-0.3, -0.25) is 4.79 Å². The van der Waals surface area contributed by atoms with Crippen LogP contribution in [0.25, 0.3) is 0 Å². The van der Waals surface area contributed by atoms with E-state index in [0.29, 0.717) is 12.3 Å². The molecule has 1 aromatic carbocycles. The fraction of sp³-hybridized carbons (Fsp3) is 0.484. The summed E-state index contributed by atoms with van der Waals surface area (Å²) < 4.78 is 4.55. The molecule has 0 aliphatic carbocycles. The lowest BCUT2D eigenvalue weighted by molar-refractivity contribution is -0.150. The van der Waals surface area contributed by atoms with Gasteiger partial charge in [0, 0.05) is 25.1 Å². The van der Waals surface area contributed by atoms with Crippen molar-refractivity contribution in [3.05, 3.63) is 83.0 Å². The van der Waals surface area contributed by atoms with Crippen molar-refractivity contribution in [1.29, 1.82) is 0 Å². The molecular weight excluding hydrogens is 450 g/mol. The first-order chi connectivity index (χ1) is 17.3. The molecule has 0 fully saturated rings. The molecule has 1 aromatic rings. The number of methoxy groups -OCH3 is 1. The molecule has 0 saturated carbocycles. The Bertz CT molecular complexity index is 958. The normalized spacial score (nSPS) is 16.4. The molecule has 0 bridgehead atoms. The smallest absolute Gasteiger partial charge is 0.335 e. The molecule has 1 heterocycles. The van der Waals surface area contributed by atoms with Crippen LogP contribution in [0.4, 0.5) is 0 Å². The Hall–Kier alpha value is -2.92. The first-order valence-corrected chi connectivity index (χ1v) is 13.1. The summed E-state index contributed by atoms with van der Waals surface area (Å²) in [7, 11) is 1.28. The molecular formula is C31H43NO4. The predicted octanol–water partition coefficient (Wildman–Crippen LogP) is 5.96. The summed E-state index contributed by atoms with van der Waals surface area (Å²) in [4.78, 5) is 25.9. The van der Waals surface area contributed by atoms with Gasteiger partial charge in [-0.15, -0.1) is 0 Å². The lowest BCUT2D eigenvalue weighted by atomic mass is 10.0. The number of nitrogens with zero attached hydrogens (tertiary/aromatic N) is 1. The second-order valence-corrected chi connectivity index (χ2v) is 9.82. The highest BCUT2D eigenvalue weighted by atomic mass is 16.5. The van der Waals surface area contributed by atoms with Crippen LogP contribution >= 0.6 is 0 Å². The first-order valence-electron chi connectivity index (χ1n) is 13.1. The Morgan fingerprint density at radius 1 is 1.17 bits per heavy atom. The maximum absolute atomic E-state index is 12.7. The van der Waals surface area contributed by atoms with Crippen molar-refractivity contribution in [2.45, 2.75) is 71.8 Å². The Kier molecular flexibility index (Phi) is 13.0. The van der Waals surface area contributed by atoms with Gasteiger partial charge in [0.15, 0.2) is 6.10 Å². The highest BCUT2D eigenvalue weighted by molar-refractivity contribution is 5.95. The molecule has 2 atom stereocenters. The highest BCUT2D eigenvalue weighted by Gasteiger charge is 2.22. The van der Waals surface area contributed by atoms with Gasteiger partial charge in [-0.25, -0.2) is 4.79 Å². The van der Waals surface area contributed by atoms with Gasteiger partial charge in [0.05, 0.1) is 7.11 Å². The molecule has 1 amide bonds. The number of allylic oxidation sites excluding steroid dienone is 5. The second-order valence-electron chi connectivity index (χ2n) is 9.82. The van der Waals surface area contributed by atoms with E-state index < -0.39 is 12.1 Å². The van der Waals surface area contributed by atoms with Crippen LogP contribution in [-0.4, -0.2) is 48.2 Å². The van der Waals surface area contributed by atoms with Crippen LogP contribution in [0.3, 0.4) is 0 Å². The van der Waals surface area contributed by atoms with Crippen LogP contribution in [0.1, 0.15) is 64.9 Å². The summed E-state index contributed by atoms with van der Waals surface area (Å²) in [5.74, 6) is 0.0470. The number of benzene rings is 1. The van der Waals surface area contributed by atoms with Crippen LogP contribution < -0.4 is 0 Å². The molecule has 36 heavy (non-hydrogen) atoms. The largest absolute Gasteiger partial charge is 0.467 e. The predicted molar refractivity (Wildman–Crippen MR) is 146 cm³/mol. The molecule has 0 saturated heterocycles. The van der Waals surface area contributed by atoms with Gasteiger partial charge in [0.25, 0.3) is 0 Å².